The maximum absolute atomic E-state index is 10.3. The lowest BCUT2D eigenvalue weighted by atomic mass is 10.1. The zero-order chi connectivity index (χ0) is 12.6. The van der Waals surface area contributed by atoms with Crippen molar-refractivity contribution in [2.24, 2.45) is 0 Å². The molecule has 1 unspecified atom stereocenters. The molecule has 0 amide bonds. The third-order valence-electron chi connectivity index (χ3n) is 2.40. The van der Waals surface area contributed by atoms with Crippen molar-refractivity contribution in [1.82, 2.24) is 0 Å². The second-order valence-electron chi connectivity index (χ2n) is 3.67. The Bertz CT molecular complexity index is 534. The van der Waals surface area contributed by atoms with Crippen LogP contribution in [0.4, 0.5) is 0 Å². The van der Waals surface area contributed by atoms with Crippen LogP contribution in [0.5, 0.6) is 0 Å². The Hall–Kier alpha value is 0.130. The number of aliphatic hydroxyl groups excluding tert-OH is 1. The Morgan fingerprint density at radius 2 is 2.00 bits per heavy atom. The van der Waals surface area contributed by atoms with Gasteiger partial charge in [-0.25, -0.2) is 0 Å². The fourth-order valence-electron chi connectivity index (χ4n) is 1.49. The van der Waals surface area contributed by atoms with E-state index in [-0.39, 0.29) is 0 Å². The smallest absolute Gasteiger partial charge is 0.114 e. The van der Waals surface area contributed by atoms with Crippen molar-refractivity contribution in [3.63, 3.8) is 0 Å². The van der Waals surface area contributed by atoms with E-state index in [1.807, 2.05) is 19.1 Å². The van der Waals surface area contributed by atoms with E-state index in [1.54, 1.807) is 23.5 Å². The minimum absolute atomic E-state index is 0.628. The van der Waals surface area contributed by atoms with Gasteiger partial charge in [-0.2, -0.15) is 0 Å². The molecule has 1 aromatic heterocycles. The normalized spacial score (nSPS) is 12.8. The molecule has 0 bridgehead atoms. The maximum Gasteiger partial charge on any atom is 0.114 e. The number of aliphatic hydroxyl groups is 1. The molecule has 0 aliphatic rings. The van der Waals surface area contributed by atoms with Gasteiger partial charge in [-0.3, -0.25) is 0 Å². The summed E-state index contributed by atoms with van der Waals surface area (Å²) in [6.07, 6.45) is -0.628. The van der Waals surface area contributed by atoms with Crippen molar-refractivity contribution >= 4 is 54.8 Å². The van der Waals surface area contributed by atoms with E-state index >= 15 is 0 Å². The van der Waals surface area contributed by atoms with Crippen molar-refractivity contribution in [2.45, 2.75) is 13.0 Å². The summed E-state index contributed by atoms with van der Waals surface area (Å²) in [6.45, 7) is 2.01. The number of halogens is 3. The van der Waals surface area contributed by atoms with Gasteiger partial charge in [-0.15, -0.1) is 11.3 Å². The topological polar surface area (TPSA) is 20.2 Å². The van der Waals surface area contributed by atoms with Crippen molar-refractivity contribution in [3.05, 3.63) is 53.6 Å². The first-order chi connectivity index (χ1) is 7.99. The highest BCUT2D eigenvalue weighted by Gasteiger charge is 2.17. The van der Waals surface area contributed by atoms with E-state index < -0.39 is 6.10 Å². The van der Waals surface area contributed by atoms with Gasteiger partial charge in [0, 0.05) is 19.9 Å². The van der Waals surface area contributed by atoms with Gasteiger partial charge in [-0.05, 0) is 46.6 Å². The third-order valence-corrected chi connectivity index (χ3v) is 5.51. The molecule has 0 saturated carbocycles. The van der Waals surface area contributed by atoms with Crippen LogP contribution in [0.1, 0.15) is 22.1 Å². The number of rotatable bonds is 2. The Balaban J connectivity index is 2.39. The Morgan fingerprint density at radius 3 is 2.53 bits per heavy atom. The standard InChI is InChI=1S/C12H9Br2ClOS/c1-6-4-10(17-12(6)14)11(16)8-3-2-7(15)5-9(8)13/h2-5,11,16H,1H3. The summed E-state index contributed by atoms with van der Waals surface area (Å²) in [5.41, 5.74) is 1.96. The first kappa shape index (κ1) is 13.6. The molecule has 0 spiro atoms. The number of thiophene rings is 1. The van der Waals surface area contributed by atoms with E-state index in [9.17, 15) is 5.11 Å². The molecule has 17 heavy (non-hydrogen) atoms. The van der Waals surface area contributed by atoms with Crippen LogP contribution in [0.15, 0.2) is 32.5 Å². The van der Waals surface area contributed by atoms with Gasteiger partial charge in [0.1, 0.15) is 6.10 Å². The van der Waals surface area contributed by atoms with Crippen LogP contribution in [-0.4, -0.2) is 5.11 Å². The van der Waals surface area contributed by atoms with Crippen molar-refractivity contribution in [2.75, 3.05) is 0 Å². The summed E-state index contributed by atoms with van der Waals surface area (Å²) >= 11 is 14.3. The number of benzene rings is 1. The lowest BCUT2D eigenvalue weighted by molar-refractivity contribution is 0.223. The average Bonchev–Trinajstić information content (AvgIpc) is 2.58. The monoisotopic (exact) mass is 394 g/mol. The van der Waals surface area contributed by atoms with Gasteiger partial charge in [0.05, 0.1) is 3.79 Å². The predicted molar refractivity (Wildman–Crippen MR) is 80.0 cm³/mol. The van der Waals surface area contributed by atoms with Gasteiger partial charge in [0.15, 0.2) is 0 Å². The Labute approximate surface area is 126 Å². The quantitative estimate of drug-likeness (QED) is 0.729. The molecule has 1 nitrogen and oxygen atoms in total. The van der Waals surface area contributed by atoms with Gasteiger partial charge < -0.3 is 5.11 Å². The molecular weight excluding hydrogens is 387 g/mol. The zero-order valence-electron chi connectivity index (χ0n) is 8.88. The molecule has 1 N–H and O–H groups in total. The number of hydrogen-bond acceptors (Lipinski definition) is 2. The van der Waals surface area contributed by atoms with E-state index in [4.69, 9.17) is 11.6 Å². The van der Waals surface area contributed by atoms with Crippen molar-refractivity contribution in [1.29, 1.82) is 0 Å². The van der Waals surface area contributed by atoms with Crippen LogP contribution >= 0.6 is 54.8 Å². The Morgan fingerprint density at radius 1 is 1.29 bits per heavy atom. The van der Waals surface area contributed by atoms with Gasteiger partial charge in [-0.1, -0.05) is 33.6 Å². The van der Waals surface area contributed by atoms with Crippen LogP contribution in [-0.2, 0) is 0 Å². The third kappa shape index (κ3) is 2.93. The van der Waals surface area contributed by atoms with Crippen LogP contribution in [0, 0.1) is 6.92 Å². The highest BCUT2D eigenvalue weighted by molar-refractivity contribution is 9.11. The maximum atomic E-state index is 10.3. The van der Waals surface area contributed by atoms with Crippen LogP contribution in [0.3, 0.4) is 0 Å². The van der Waals surface area contributed by atoms with Crippen molar-refractivity contribution in [3.8, 4) is 0 Å². The molecule has 0 saturated heterocycles. The van der Waals surface area contributed by atoms with Crippen LogP contribution < -0.4 is 0 Å². The molecule has 0 aliphatic carbocycles. The molecular formula is C12H9Br2ClOS. The first-order valence-corrected chi connectivity index (χ1v) is 7.66. The van der Waals surface area contributed by atoms with E-state index in [0.29, 0.717) is 5.02 Å². The fourth-order valence-corrected chi connectivity index (χ4v) is 3.97. The highest BCUT2D eigenvalue weighted by atomic mass is 79.9. The van der Waals surface area contributed by atoms with Crippen LogP contribution in [0.25, 0.3) is 0 Å². The first-order valence-electron chi connectivity index (χ1n) is 4.88. The molecule has 1 heterocycles. The van der Waals surface area contributed by atoms with Crippen molar-refractivity contribution < 1.29 is 5.11 Å². The molecule has 2 aromatic rings. The minimum atomic E-state index is -0.628. The lowest BCUT2D eigenvalue weighted by Gasteiger charge is -2.11. The summed E-state index contributed by atoms with van der Waals surface area (Å²) in [6, 6.07) is 7.39. The molecule has 2 rings (SSSR count). The van der Waals surface area contributed by atoms with Gasteiger partial charge in [0.25, 0.3) is 0 Å². The Kier molecular flexibility index (Phi) is 4.31. The SMILES string of the molecule is Cc1cc(C(O)c2ccc(Cl)cc2Br)sc1Br. The molecule has 1 aromatic carbocycles. The molecule has 0 aliphatic heterocycles. The van der Waals surface area contributed by atoms with Crippen LogP contribution in [0.2, 0.25) is 5.02 Å². The molecule has 1 atom stereocenters. The number of aryl methyl sites for hydroxylation is 1. The fraction of sp³-hybridized carbons (Fsp3) is 0.167. The number of hydrogen-bond donors (Lipinski definition) is 1. The average molecular weight is 397 g/mol. The summed E-state index contributed by atoms with van der Waals surface area (Å²) in [5, 5.41) is 11.0. The minimum Gasteiger partial charge on any atom is -0.383 e. The molecule has 5 heteroatoms. The summed E-state index contributed by atoms with van der Waals surface area (Å²) in [5.74, 6) is 0. The van der Waals surface area contributed by atoms with Gasteiger partial charge >= 0.3 is 0 Å². The summed E-state index contributed by atoms with van der Waals surface area (Å²) in [7, 11) is 0. The predicted octanol–water partition coefficient (Wildman–Crippen LogP) is 5.32. The highest BCUT2D eigenvalue weighted by Crippen LogP contribution is 2.37. The van der Waals surface area contributed by atoms with E-state index in [1.165, 1.54) is 0 Å². The van der Waals surface area contributed by atoms with E-state index in [0.717, 1.165) is 24.3 Å². The second kappa shape index (κ2) is 5.41. The molecule has 0 fully saturated rings. The van der Waals surface area contributed by atoms with E-state index in [2.05, 4.69) is 31.9 Å². The summed E-state index contributed by atoms with van der Waals surface area (Å²) < 4.78 is 1.87. The lowest BCUT2D eigenvalue weighted by Crippen LogP contribution is -1.98. The summed E-state index contributed by atoms with van der Waals surface area (Å²) in [4.78, 5) is 0.914. The zero-order valence-corrected chi connectivity index (χ0v) is 13.6. The second-order valence-corrected chi connectivity index (χ2v) is 7.37. The van der Waals surface area contributed by atoms with Gasteiger partial charge in [0.2, 0.25) is 0 Å². The molecule has 0 radical (unpaired) electrons. The molecule has 90 valence electrons. The largest absolute Gasteiger partial charge is 0.383 e.